The first-order valence-corrected chi connectivity index (χ1v) is 9.01. The Balaban J connectivity index is 1.59. The topological polar surface area (TPSA) is 35.6 Å². The largest absolute Gasteiger partial charge is 0.338 e. The number of amides is 1. The zero-order valence-electron chi connectivity index (χ0n) is 14.2. The highest BCUT2D eigenvalue weighted by atomic mass is 16.2. The van der Waals surface area contributed by atoms with Crippen molar-refractivity contribution < 1.29 is 4.79 Å². The second kappa shape index (κ2) is 7.93. The summed E-state index contributed by atoms with van der Waals surface area (Å²) in [6.07, 6.45) is 3.07. The van der Waals surface area contributed by atoms with Crippen LogP contribution in [0.2, 0.25) is 0 Å². The predicted octanol–water partition coefficient (Wildman–Crippen LogP) is 2.11. The lowest BCUT2D eigenvalue weighted by Gasteiger charge is -2.33. The maximum absolute atomic E-state index is 12.9. The van der Waals surface area contributed by atoms with Crippen molar-refractivity contribution in [1.82, 2.24) is 15.1 Å². The number of carbonyl (C=O) groups is 1. The monoisotopic (exact) mass is 315 g/mol. The summed E-state index contributed by atoms with van der Waals surface area (Å²) in [4.78, 5) is 17.5. The van der Waals surface area contributed by atoms with Gasteiger partial charge in [0, 0.05) is 38.1 Å². The molecule has 0 aromatic heterocycles. The lowest BCUT2D eigenvalue weighted by atomic mass is 9.96. The van der Waals surface area contributed by atoms with Gasteiger partial charge in [0.2, 0.25) is 5.91 Å². The fourth-order valence-electron chi connectivity index (χ4n) is 3.86. The molecule has 1 unspecified atom stereocenters. The summed E-state index contributed by atoms with van der Waals surface area (Å²) in [5.41, 5.74) is 1.36. The summed E-state index contributed by atoms with van der Waals surface area (Å²) in [6.45, 7) is 8.14. The molecular weight excluding hydrogens is 286 g/mol. The van der Waals surface area contributed by atoms with E-state index in [2.05, 4.69) is 52.4 Å². The molecule has 126 valence electrons. The lowest BCUT2D eigenvalue weighted by Crippen LogP contribution is -2.47. The zero-order valence-corrected chi connectivity index (χ0v) is 14.2. The summed E-state index contributed by atoms with van der Waals surface area (Å²) >= 11 is 0. The molecule has 0 radical (unpaired) electrons. The molecule has 1 N–H and O–H groups in total. The van der Waals surface area contributed by atoms with E-state index in [-0.39, 0.29) is 5.92 Å². The van der Waals surface area contributed by atoms with Crippen molar-refractivity contribution in [1.29, 1.82) is 0 Å². The number of hydrogen-bond donors (Lipinski definition) is 1. The highest BCUT2D eigenvalue weighted by Crippen LogP contribution is 2.20. The van der Waals surface area contributed by atoms with E-state index in [1.807, 2.05) is 0 Å². The SMILES string of the molecule is CC1CN(Cc2ccccc2)CCCN1C(=O)C1CCNCC1. The van der Waals surface area contributed by atoms with Crippen LogP contribution in [-0.2, 0) is 11.3 Å². The molecule has 1 atom stereocenters. The fourth-order valence-corrected chi connectivity index (χ4v) is 3.86. The van der Waals surface area contributed by atoms with Crippen molar-refractivity contribution >= 4 is 5.91 Å². The van der Waals surface area contributed by atoms with Crippen molar-refractivity contribution in [2.24, 2.45) is 5.92 Å². The third-order valence-corrected chi connectivity index (χ3v) is 5.15. The molecule has 2 aliphatic rings. The van der Waals surface area contributed by atoms with Crippen molar-refractivity contribution in [3.05, 3.63) is 35.9 Å². The zero-order chi connectivity index (χ0) is 16.1. The van der Waals surface area contributed by atoms with Gasteiger partial charge in [-0.15, -0.1) is 0 Å². The minimum Gasteiger partial charge on any atom is -0.338 e. The first-order valence-electron chi connectivity index (χ1n) is 9.01. The summed E-state index contributed by atoms with van der Waals surface area (Å²) in [6, 6.07) is 10.9. The molecule has 1 amide bonds. The summed E-state index contributed by atoms with van der Waals surface area (Å²) < 4.78 is 0. The fraction of sp³-hybridized carbons (Fsp3) is 0.632. The van der Waals surface area contributed by atoms with Gasteiger partial charge in [0.25, 0.3) is 0 Å². The number of rotatable bonds is 3. The number of nitrogens with one attached hydrogen (secondary N) is 1. The van der Waals surface area contributed by atoms with Crippen LogP contribution in [0.4, 0.5) is 0 Å². The molecule has 23 heavy (non-hydrogen) atoms. The van der Waals surface area contributed by atoms with E-state index < -0.39 is 0 Å². The van der Waals surface area contributed by atoms with Crippen LogP contribution in [0.3, 0.4) is 0 Å². The molecule has 2 saturated heterocycles. The number of benzene rings is 1. The molecule has 4 nitrogen and oxygen atoms in total. The van der Waals surface area contributed by atoms with E-state index >= 15 is 0 Å². The molecule has 3 rings (SSSR count). The minimum absolute atomic E-state index is 0.236. The minimum atomic E-state index is 0.236. The molecule has 4 heteroatoms. The van der Waals surface area contributed by atoms with Gasteiger partial charge in [0.1, 0.15) is 0 Å². The lowest BCUT2D eigenvalue weighted by molar-refractivity contribution is -0.138. The van der Waals surface area contributed by atoms with Crippen LogP contribution in [0.1, 0.15) is 31.7 Å². The van der Waals surface area contributed by atoms with Crippen molar-refractivity contribution in [2.45, 2.75) is 38.8 Å². The molecule has 1 aromatic carbocycles. The Hall–Kier alpha value is -1.39. The Morgan fingerprint density at radius 3 is 2.65 bits per heavy atom. The van der Waals surface area contributed by atoms with Crippen LogP contribution in [0.25, 0.3) is 0 Å². The maximum atomic E-state index is 12.9. The molecule has 0 bridgehead atoms. The highest BCUT2D eigenvalue weighted by molar-refractivity contribution is 5.79. The Morgan fingerprint density at radius 2 is 1.91 bits per heavy atom. The number of carbonyl (C=O) groups excluding carboxylic acids is 1. The molecule has 0 saturated carbocycles. The van der Waals surface area contributed by atoms with Gasteiger partial charge in [-0.3, -0.25) is 9.69 Å². The molecule has 2 aliphatic heterocycles. The standard InChI is InChI=1S/C19H29N3O/c1-16-14-21(15-17-6-3-2-4-7-17)12-5-13-22(16)19(23)18-8-10-20-11-9-18/h2-4,6-7,16,18,20H,5,8-15H2,1H3. The van der Waals surface area contributed by atoms with Crippen LogP contribution in [0, 0.1) is 5.92 Å². The van der Waals surface area contributed by atoms with Crippen LogP contribution < -0.4 is 5.32 Å². The van der Waals surface area contributed by atoms with E-state index in [9.17, 15) is 4.79 Å². The molecule has 1 aromatic rings. The van der Waals surface area contributed by atoms with E-state index in [4.69, 9.17) is 0 Å². The molecule has 2 heterocycles. The van der Waals surface area contributed by atoms with Gasteiger partial charge in [0.05, 0.1) is 0 Å². The van der Waals surface area contributed by atoms with E-state index in [0.29, 0.717) is 11.9 Å². The Morgan fingerprint density at radius 1 is 1.17 bits per heavy atom. The Kier molecular flexibility index (Phi) is 5.68. The van der Waals surface area contributed by atoms with Gasteiger partial charge in [-0.05, 0) is 44.8 Å². The smallest absolute Gasteiger partial charge is 0.226 e. The van der Waals surface area contributed by atoms with Gasteiger partial charge in [-0.1, -0.05) is 30.3 Å². The van der Waals surface area contributed by atoms with E-state index in [1.54, 1.807) is 0 Å². The molecule has 2 fully saturated rings. The van der Waals surface area contributed by atoms with Crippen LogP contribution in [0.15, 0.2) is 30.3 Å². The van der Waals surface area contributed by atoms with Gasteiger partial charge < -0.3 is 10.2 Å². The summed E-state index contributed by atoms with van der Waals surface area (Å²) in [7, 11) is 0. The molecule has 0 aliphatic carbocycles. The number of nitrogens with zero attached hydrogens (tertiary/aromatic N) is 2. The van der Waals surface area contributed by atoms with Gasteiger partial charge in [-0.25, -0.2) is 0 Å². The Labute approximate surface area is 139 Å². The summed E-state index contributed by atoms with van der Waals surface area (Å²) in [5.74, 6) is 0.625. The second-order valence-electron chi connectivity index (χ2n) is 6.98. The van der Waals surface area contributed by atoms with Crippen molar-refractivity contribution in [3.63, 3.8) is 0 Å². The predicted molar refractivity (Wildman–Crippen MR) is 93.1 cm³/mol. The van der Waals surface area contributed by atoms with Crippen LogP contribution >= 0.6 is 0 Å². The highest BCUT2D eigenvalue weighted by Gasteiger charge is 2.30. The van der Waals surface area contributed by atoms with Gasteiger partial charge >= 0.3 is 0 Å². The number of hydrogen-bond acceptors (Lipinski definition) is 3. The average molecular weight is 315 g/mol. The van der Waals surface area contributed by atoms with Gasteiger partial charge in [0.15, 0.2) is 0 Å². The van der Waals surface area contributed by atoms with Crippen molar-refractivity contribution in [2.75, 3.05) is 32.7 Å². The van der Waals surface area contributed by atoms with Crippen molar-refractivity contribution in [3.8, 4) is 0 Å². The first kappa shape index (κ1) is 16.5. The third kappa shape index (κ3) is 4.33. The number of piperidine rings is 1. The van der Waals surface area contributed by atoms with Gasteiger partial charge in [-0.2, -0.15) is 0 Å². The Bertz CT molecular complexity index is 499. The van der Waals surface area contributed by atoms with Crippen LogP contribution in [-0.4, -0.2) is 54.5 Å². The first-order chi connectivity index (χ1) is 11.2. The third-order valence-electron chi connectivity index (χ3n) is 5.15. The van der Waals surface area contributed by atoms with E-state index in [0.717, 1.165) is 58.5 Å². The summed E-state index contributed by atoms with van der Waals surface area (Å²) in [5, 5.41) is 3.35. The van der Waals surface area contributed by atoms with Crippen LogP contribution in [0.5, 0.6) is 0 Å². The second-order valence-corrected chi connectivity index (χ2v) is 6.98. The normalized spacial score (nSPS) is 24.4. The van der Waals surface area contributed by atoms with E-state index in [1.165, 1.54) is 5.56 Å². The maximum Gasteiger partial charge on any atom is 0.226 e. The molecular formula is C19H29N3O. The quantitative estimate of drug-likeness (QED) is 0.928. The molecule has 0 spiro atoms. The average Bonchev–Trinajstić information content (AvgIpc) is 2.77.